The molecule has 3 heterocycles. The van der Waals surface area contributed by atoms with Crippen LogP contribution in [0.3, 0.4) is 0 Å². The van der Waals surface area contributed by atoms with E-state index in [1.807, 2.05) is 4.90 Å². The highest BCUT2D eigenvalue weighted by Crippen LogP contribution is 2.31. The zero-order valence-corrected chi connectivity index (χ0v) is 17.5. The summed E-state index contributed by atoms with van der Waals surface area (Å²) in [6.07, 6.45) is -1.92. The molecule has 2 atom stereocenters. The van der Waals surface area contributed by atoms with Gasteiger partial charge in [0.1, 0.15) is 11.6 Å². The molecule has 1 amide bonds. The van der Waals surface area contributed by atoms with Crippen LogP contribution in [0.5, 0.6) is 5.75 Å². The minimum absolute atomic E-state index is 0.145. The van der Waals surface area contributed by atoms with Gasteiger partial charge in [0, 0.05) is 43.8 Å². The van der Waals surface area contributed by atoms with Gasteiger partial charge in [-0.15, -0.1) is 13.2 Å². The van der Waals surface area contributed by atoms with Crippen LogP contribution in [-0.4, -0.2) is 59.8 Å². The van der Waals surface area contributed by atoms with Crippen molar-refractivity contribution in [3.05, 3.63) is 54.4 Å². The summed E-state index contributed by atoms with van der Waals surface area (Å²) in [7, 11) is 1.60. The molecule has 174 valence electrons. The van der Waals surface area contributed by atoms with Gasteiger partial charge in [-0.1, -0.05) is 0 Å². The topological polar surface area (TPSA) is 118 Å². The van der Waals surface area contributed by atoms with E-state index in [9.17, 15) is 18.0 Å². The molecule has 0 aliphatic carbocycles. The second-order valence-corrected chi connectivity index (χ2v) is 7.43. The van der Waals surface area contributed by atoms with E-state index in [0.717, 1.165) is 12.1 Å². The molecule has 1 saturated heterocycles. The number of amides is 1. The lowest BCUT2D eigenvalue weighted by molar-refractivity contribution is -0.274. The van der Waals surface area contributed by atoms with Crippen molar-refractivity contribution in [2.24, 2.45) is 5.73 Å². The summed E-state index contributed by atoms with van der Waals surface area (Å²) < 4.78 is 46.2. The summed E-state index contributed by atoms with van der Waals surface area (Å²) in [6, 6.07) is 8.09. The van der Waals surface area contributed by atoms with Crippen molar-refractivity contribution in [1.82, 2.24) is 15.2 Å². The molecule has 1 fully saturated rings. The molecule has 3 aromatic rings. The molecule has 2 unspecified atom stereocenters. The number of aromatic nitrogens is 3. The SMILES string of the molecule is COC1CN(c2ncc(C(=O)Nc3ccc(OC(F)(F)F)cc3)cc2-c2ccn[nH]2)CC1N. The summed E-state index contributed by atoms with van der Waals surface area (Å²) in [5.74, 6) is -0.238. The van der Waals surface area contributed by atoms with Gasteiger partial charge in [0.05, 0.1) is 23.4 Å². The second-order valence-electron chi connectivity index (χ2n) is 7.43. The van der Waals surface area contributed by atoms with Gasteiger partial charge in [0.25, 0.3) is 5.91 Å². The van der Waals surface area contributed by atoms with Crippen LogP contribution in [0, 0.1) is 0 Å². The van der Waals surface area contributed by atoms with Crippen LogP contribution in [0.25, 0.3) is 11.3 Å². The number of anilines is 2. The average Bonchev–Trinajstić information content (AvgIpc) is 3.43. The Morgan fingerprint density at radius 2 is 2.00 bits per heavy atom. The third-order valence-corrected chi connectivity index (χ3v) is 5.18. The number of methoxy groups -OCH3 is 1. The quantitative estimate of drug-likeness (QED) is 0.516. The highest BCUT2D eigenvalue weighted by molar-refractivity contribution is 6.05. The number of pyridine rings is 1. The molecule has 0 radical (unpaired) electrons. The molecule has 0 saturated carbocycles. The number of alkyl halides is 3. The number of nitrogens with one attached hydrogen (secondary N) is 2. The van der Waals surface area contributed by atoms with Gasteiger partial charge in [-0.05, 0) is 36.4 Å². The molecule has 33 heavy (non-hydrogen) atoms. The highest BCUT2D eigenvalue weighted by atomic mass is 19.4. The first-order chi connectivity index (χ1) is 15.7. The van der Waals surface area contributed by atoms with Crippen molar-refractivity contribution in [2.75, 3.05) is 30.4 Å². The first-order valence-corrected chi connectivity index (χ1v) is 9.94. The fourth-order valence-electron chi connectivity index (χ4n) is 3.60. The summed E-state index contributed by atoms with van der Waals surface area (Å²) in [5.41, 5.74) is 8.01. The number of aromatic amines is 1. The third kappa shape index (κ3) is 5.23. The fourth-order valence-corrected chi connectivity index (χ4v) is 3.60. The smallest absolute Gasteiger partial charge is 0.406 e. The first-order valence-electron chi connectivity index (χ1n) is 9.94. The molecule has 1 aliphatic rings. The largest absolute Gasteiger partial charge is 0.573 e. The van der Waals surface area contributed by atoms with E-state index in [1.165, 1.54) is 18.3 Å². The molecule has 4 rings (SSSR count). The summed E-state index contributed by atoms with van der Waals surface area (Å²) in [4.78, 5) is 19.3. The Balaban J connectivity index is 1.56. The summed E-state index contributed by atoms with van der Waals surface area (Å²) in [5, 5.41) is 9.49. The third-order valence-electron chi connectivity index (χ3n) is 5.18. The summed E-state index contributed by atoms with van der Waals surface area (Å²) >= 11 is 0. The molecular weight excluding hydrogens is 441 g/mol. The van der Waals surface area contributed by atoms with Gasteiger partial charge >= 0.3 is 6.36 Å². The number of ether oxygens (including phenoxy) is 2. The van der Waals surface area contributed by atoms with Crippen molar-refractivity contribution < 1.29 is 27.4 Å². The molecule has 12 heteroatoms. The lowest BCUT2D eigenvalue weighted by Gasteiger charge is -2.20. The predicted octanol–water partition coefficient (Wildman–Crippen LogP) is 2.78. The molecule has 0 spiro atoms. The lowest BCUT2D eigenvalue weighted by Crippen LogP contribution is -2.34. The Morgan fingerprint density at radius 1 is 1.24 bits per heavy atom. The van der Waals surface area contributed by atoms with E-state index >= 15 is 0 Å². The van der Waals surface area contributed by atoms with Crippen LogP contribution in [0.1, 0.15) is 10.4 Å². The summed E-state index contributed by atoms with van der Waals surface area (Å²) in [6.45, 7) is 1.08. The number of halogens is 3. The zero-order valence-electron chi connectivity index (χ0n) is 17.5. The number of hydrogen-bond acceptors (Lipinski definition) is 7. The van der Waals surface area contributed by atoms with Crippen molar-refractivity contribution in [1.29, 1.82) is 0 Å². The van der Waals surface area contributed by atoms with Gasteiger partial charge < -0.3 is 25.4 Å². The zero-order chi connectivity index (χ0) is 23.6. The number of rotatable bonds is 6. The number of carbonyl (C=O) groups excluding carboxylic acids is 1. The number of H-pyrrole nitrogens is 1. The average molecular weight is 462 g/mol. The van der Waals surface area contributed by atoms with E-state index in [2.05, 4.69) is 25.2 Å². The number of benzene rings is 1. The normalized spacial score (nSPS) is 18.4. The van der Waals surface area contributed by atoms with Crippen LogP contribution in [0.15, 0.2) is 48.8 Å². The minimum Gasteiger partial charge on any atom is -0.406 e. The highest BCUT2D eigenvalue weighted by Gasteiger charge is 2.33. The molecule has 1 aromatic carbocycles. The van der Waals surface area contributed by atoms with Crippen LogP contribution in [0.2, 0.25) is 0 Å². The maximum Gasteiger partial charge on any atom is 0.573 e. The minimum atomic E-state index is -4.79. The van der Waals surface area contributed by atoms with E-state index < -0.39 is 12.3 Å². The maximum absolute atomic E-state index is 12.8. The Labute approximate surface area is 186 Å². The van der Waals surface area contributed by atoms with Crippen LogP contribution < -0.4 is 20.7 Å². The fraction of sp³-hybridized carbons (Fsp3) is 0.286. The molecule has 2 aromatic heterocycles. The van der Waals surface area contributed by atoms with E-state index in [-0.39, 0.29) is 23.5 Å². The van der Waals surface area contributed by atoms with Gasteiger partial charge in [-0.3, -0.25) is 9.89 Å². The second kappa shape index (κ2) is 9.08. The van der Waals surface area contributed by atoms with Gasteiger partial charge in [0.15, 0.2) is 0 Å². The number of hydrogen-bond donors (Lipinski definition) is 3. The van der Waals surface area contributed by atoms with Crippen molar-refractivity contribution in [3.63, 3.8) is 0 Å². The van der Waals surface area contributed by atoms with Crippen LogP contribution in [-0.2, 0) is 4.74 Å². The van der Waals surface area contributed by atoms with E-state index in [1.54, 1.807) is 25.4 Å². The first kappa shape index (κ1) is 22.6. The van der Waals surface area contributed by atoms with E-state index in [4.69, 9.17) is 10.5 Å². The lowest BCUT2D eigenvalue weighted by atomic mass is 10.1. The Morgan fingerprint density at radius 3 is 2.61 bits per heavy atom. The molecule has 1 aliphatic heterocycles. The number of nitrogens with zero attached hydrogens (tertiary/aromatic N) is 3. The van der Waals surface area contributed by atoms with Crippen LogP contribution in [0.4, 0.5) is 24.7 Å². The van der Waals surface area contributed by atoms with Crippen molar-refractivity contribution in [2.45, 2.75) is 18.5 Å². The Bertz CT molecular complexity index is 1110. The Kier molecular flexibility index (Phi) is 6.20. The predicted molar refractivity (Wildman–Crippen MR) is 114 cm³/mol. The monoisotopic (exact) mass is 462 g/mol. The van der Waals surface area contributed by atoms with E-state index in [0.29, 0.717) is 35.9 Å². The molecule has 0 bridgehead atoms. The van der Waals surface area contributed by atoms with Crippen molar-refractivity contribution >= 4 is 17.4 Å². The number of carbonyl (C=O) groups is 1. The van der Waals surface area contributed by atoms with Gasteiger partial charge in [-0.25, -0.2) is 4.98 Å². The van der Waals surface area contributed by atoms with Gasteiger partial charge in [-0.2, -0.15) is 5.10 Å². The Hall–Kier alpha value is -3.64. The van der Waals surface area contributed by atoms with Crippen LogP contribution >= 0.6 is 0 Å². The van der Waals surface area contributed by atoms with Gasteiger partial charge in [0.2, 0.25) is 0 Å². The molecule has 4 N–H and O–H groups in total. The van der Waals surface area contributed by atoms with Crippen molar-refractivity contribution in [3.8, 4) is 17.0 Å². The maximum atomic E-state index is 12.8. The molecular formula is C21H21F3N6O3. The molecule has 9 nitrogen and oxygen atoms in total. The standard InChI is InChI=1S/C21H21F3N6O3/c1-32-18-11-30(10-16(18)25)19-15(17-6-7-27-29-17)8-12(9-26-19)20(31)28-13-2-4-14(5-3-13)33-21(22,23)24/h2-9,16,18H,10-11,25H2,1H3,(H,27,29)(H,28,31). The number of nitrogens with two attached hydrogens (primary N) is 1.